The molecule has 2 aromatic heterocycles. The minimum atomic E-state index is -0.0406. The van der Waals surface area contributed by atoms with Crippen LogP contribution in [-0.4, -0.2) is 15.0 Å². The summed E-state index contributed by atoms with van der Waals surface area (Å²) in [6.45, 7) is 3.81. The molecule has 0 aliphatic carbocycles. The summed E-state index contributed by atoms with van der Waals surface area (Å²) in [5, 5.41) is 3.09. The van der Waals surface area contributed by atoms with Gasteiger partial charge in [-0.1, -0.05) is 0 Å². The molecule has 2 aromatic rings. The first-order valence-corrected chi connectivity index (χ1v) is 4.71. The SMILES string of the molecule is Cc1cnc(C(C)Nc2ncccn2)o1. The molecule has 2 rings (SSSR count). The fourth-order valence-electron chi connectivity index (χ4n) is 1.20. The highest BCUT2D eigenvalue weighted by molar-refractivity contribution is 5.25. The van der Waals surface area contributed by atoms with Crippen molar-refractivity contribution in [2.24, 2.45) is 0 Å². The molecule has 1 atom stereocenters. The van der Waals surface area contributed by atoms with Crippen LogP contribution in [0.15, 0.2) is 29.1 Å². The van der Waals surface area contributed by atoms with Gasteiger partial charge in [0.1, 0.15) is 11.8 Å². The van der Waals surface area contributed by atoms with Crippen molar-refractivity contribution in [3.63, 3.8) is 0 Å². The second-order valence-corrected chi connectivity index (χ2v) is 3.25. The van der Waals surface area contributed by atoms with Crippen LogP contribution in [0.1, 0.15) is 24.6 Å². The summed E-state index contributed by atoms with van der Waals surface area (Å²) in [6.07, 6.45) is 5.06. The zero-order chi connectivity index (χ0) is 10.7. The van der Waals surface area contributed by atoms with Gasteiger partial charge < -0.3 is 9.73 Å². The molecule has 0 aliphatic rings. The Bertz CT molecular complexity index is 426. The molecule has 0 spiro atoms. The monoisotopic (exact) mass is 204 g/mol. The average molecular weight is 204 g/mol. The van der Waals surface area contributed by atoms with Gasteiger partial charge in [-0.25, -0.2) is 15.0 Å². The van der Waals surface area contributed by atoms with Crippen molar-refractivity contribution in [1.82, 2.24) is 15.0 Å². The Hall–Kier alpha value is -1.91. The molecule has 0 aliphatic heterocycles. The predicted octanol–water partition coefficient (Wildman–Crippen LogP) is 1.95. The Morgan fingerprint density at radius 3 is 2.60 bits per heavy atom. The molecular formula is C10H12N4O. The second-order valence-electron chi connectivity index (χ2n) is 3.25. The quantitative estimate of drug-likeness (QED) is 0.827. The fourth-order valence-corrected chi connectivity index (χ4v) is 1.20. The van der Waals surface area contributed by atoms with Gasteiger partial charge in [0.25, 0.3) is 0 Å². The highest BCUT2D eigenvalue weighted by atomic mass is 16.4. The zero-order valence-electron chi connectivity index (χ0n) is 8.64. The Labute approximate surface area is 87.6 Å². The van der Waals surface area contributed by atoms with Crippen LogP contribution in [0, 0.1) is 6.92 Å². The molecule has 0 bridgehead atoms. The normalized spacial score (nSPS) is 12.4. The van der Waals surface area contributed by atoms with Gasteiger partial charge in [-0.05, 0) is 19.9 Å². The van der Waals surface area contributed by atoms with E-state index in [0.717, 1.165) is 5.76 Å². The van der Waals surface area contributed by atoms with Crippen LogP contribution in [0.2, 0.25) is 0 Å². The van der Waals surface area contributed by atoms with E-state index in [4.69, 9.17) is 4.42 Å². The number of nitrogens with zero attached hydrogens (tertiary/aromatic N) is 3. The molecule has 1 unspecified atom stereocenters. The molecular weight excluding hydrogens is 192 g/mol. The van der Waals surface area contributed by atoms with Crippen LogP contribution < -0.4 is 5.32 Å². The maximum absolute atomic E-state index is 5.39. The summed E-state index contributed by atoms with van der Waals surface area (Å²) < 4.78 is 5.39. The molecule has 0 saturated heterocycles. The van der Waals surface area contributed by atoms with E-state index in [-0.39, 0.29) is 6.04 Å². The summed E-state index contributed by atoms with van der Waals surface area (Å²) >= 11 is 0. The summed E-state index contributed by atoms with van der Waals surface area (Å²) in [4.78, 5) is 12.2. The molecule has 5 nitrogen and oxygen atoms in total. The van der Waals surface area contributed by atoms with E-state index in [1.54, 1.807) is 24.7 Å². The molecule has 0 radical (unpaired) electrons. The molecule has 2 heterocycles. The number of hydrogen-bond acceptors (Lipinski definition) is 5. The van der Waals surface area contributed by atoms with E-state index in [9.17, 15) is 0 Å². The van der Waals surface area contributed by atoms with Gasteiger partial charge in [-0.3, -0.25) is 0 Å². The van der Waals surface area contributed by atoms with Gasteiger partial charge in [-0.15, -0.1) is 0 Å². The van der Waals surface area contributed by atoms with Crippen molar-refractivity contribution in [2.45, 2.75) is 19.9 Å². The fraction of sp³-hybridized carbons (Fsp3) is 0.300. The number of anilines is 1. The molecule has 5 heteroatoms. The van der Waals surface area contributed by atoms with Crippen molar-refractivity contribution in [3.8, 4) is 0 Å². The number of oxazole rings is 1. The smallest absolute Gasteiger partial charge is 0.223 e. The summed E-state index contributed by atoms with van der Waals surface area (Å²) in [6, 6.07) is 1.73. The summed E-state index contributed by atoms with van der Waals surface area (Å²) in [5.74, 6) is 2.01. The van der Waals surface area contributed by atoms with E-state index in [0.29, 0.717) is 11.8 Å². The van der Waals surface area contributed by atoms with Crippen LogP contribution in [-0.2, 0) is 0 Å². The largest absolute Gasteiger partial charge is 0.444 e. The van der Waals surface area contributed by atoms with E-state index >= 15 is 0 Å². The average Bonchev–Trinajstić information content (AvgIpc) is 2.66. The van der Waals surface area contributed by atoms with Crippen LogP contribution in [0.5, 0.6) is 0 Å². The molecule has 0 fully saturated rings. The van der Waals surface area contributed by atoms with E-state index in [1.807, 2.05) is 13.8 Å². The maximum atomic E-state index is 5.39. The van der Waals surface area contributed by atoms with E-state index < -0.39 is 0 Å². The Morgan fingerprint density at radius 2 is 2.00 bits per heavy atom. The van der Waals surface area contributed by atoms with Gasteiger partial charge in [-0.2, -0.15) is 0 Å². The highest BCUT2D eigenvalue weighted by Gasteiger charge is 2.11. The summed E-state index contributed by atoms with van der Waals surface area (Å²) in [5.41, 5.74) is 0. The molecule has 0 saturated carbocycles. The third-order valence-electron chi connectivity index (χ3n) is 1.92. The van der Waals surface area contributed by atoms with Crippen molar-refractivity contribution < 1.29 is 4.42 Å². The number of hydrogen-bond donors (Lipinski definition) is 1. The first-order chi connectivity index (χ1) is 7.25. The first-order valence-electron chi connectivity index (χ1n) is 4.71. The van der Waals surface area contributed by atoms with Crippen LogP contribution in [0.4, 0.5) is 5.95 Å². The minimum absolute atomic E-state index is 0.0406. The Balaban J connectivity index is 2.07. The number of aromatic nitrogens is 3. The molecule has 0 amide bonds. The molecule has 1 N–H and O–H groups in total. The molecule has 15 heavy (non-hydrogen) atoms. The van der Waals surface area contributed by atoms with Crippen molar-refractivity contribution >= 4 is 5.95 Å². The van der Waals surface area contributed by atoms with Gasteiger partial charge in [0.15, 0.2) is 0 Å². The lowest BCUT2D eigenvalue weighted by Gasteiger charge is -2.08. The van der Waals surface area contributed by atoms with Gasteiger partial charge in [0.05, 0.1) is 6.20 Å². The first kappa shape index (κ1) is 9.64. The highest BCUT2D eigenvalue weighted by Crippen LogP contribution is 2.15. The number of nitrogens with one attached hydrogen (secondary N) is 1. The third-order valence-corrected chi connectivity index (χ3v) is 1.92. The topological polar surface area (TPSA) is 63.8 Å². The predicted molar refractivity (Wildman–Crippen MR) is 55.3 cm³/mol. The van der Waals surface area contributed by atoms with Crippen LogP contribution in [0.3, 0.4) is 0 Å². The Morgan fingerprint density at radius 1 is 1.27 bits per heavy atom. The number of aryl methyl sites for hydroxylation is 1. The van der Waals surface area contributed by atoms with Crippen molar-refractivity contribution in [2.75, 3.05) is 5.32 Å². The van der Waals surface area contributed by atoms with Gasteiger partial charge >= 0.3 is 0 Å². The lowest BCUT2D eigenvalue weighted by molar-refractivity contribution is 0.453. The third kappa shape index (κ3) is 2.31. The van der Waals surface area contributed by atoms with Crippen molar-refractivity contribution in [1.29, 1.82) is 0 Å². The van der Waals surface area contributed by atoms with Gasteiger partial charge in [0.2, 0.25) is 11.8 Å². The van der Waals surface area contributed by atoms with E-state index in [2.05, 4.69) is 20.3 Å². The lowest BCUT2D eigenvalue weighted by atomic mass is 10.3. The second kappa shape index (κ2) is 4.08. The zero-order valence-corrected chi connectivity index (χ0v) is 8.64. The Kier molecular flexibility index (Phi) is 2.62. The maximum Gasteiger partial charge on any atom is 0.223 e. The minimum Gasteiger partial charge on any atom is -0.444 e. The summed E-state index contributed by atoms with van der Waals surface area (Å²) in [7, 11) is 0. The van der Waals surface area contributed by atoms with Crippen LogP contribution in [0.25, 0.3) is 0 Å². The lowest BCUT2D eigenvalue weighted by Crippen LogP contribution is -2.09. The molecule has 0 aromatic carbocycles. The number of rotatable bonds is 3. The standard InChI is InChI=1S/C10H12N4O/c1-7-6-13-9(15-7)8(2)14-10-11-4-3-5-12-10/h3-6,8H,1-2H3,(H,11,12,14). The van der Waals surface area contributed by atoms with Crippen LogP contribution >= 0.6 is 0 Å². The van der Waals surface area contributed by atoms with Gasteiger partial charge in [0, 0.05) is 12.4 Å². The van der Waals surface area contributed by atoms with Crippen molar-refractivity contribution in [3.05, 3.63) is 36.3 Å². The van der Waals surface area contributed by atoms with E-state index in [1.165, 1.54) is 0 Å². The molecule has 78 valence electrons.